The summed E-state index contributed by atoms with van der Waals surface area (Å²) in [7, 11) is 1.61. The Kier molecular flexibility index (Phi) is 27.0. The number of methoxy groups -OCH3 is 1. The van der Waals surface area contributed by atoms with Crippen LogP contribution >= 0.6 is 0 Å². The van der Waals surface area contributed by atoms with Crippen molar-refractivity contribution in [3.8, 4) is 0 Å². The molecule has 0 radical (unpaired) electrons. The van der Waals surface area contributed by atoms with Crippen LogP contribution in [0.2, 0.25) is 0 Å². The first-order chi connectivity index (χ1) is 23.2. The van der Waals surface area contributed by atoms with Crippen molar-refractivity contribution in [2.75, 3.05) is 26.9 Å². The fourth-order valence-corrected chi connectivity index (χ4v) is 3.63. The molecule has 0 aromatic carbocycles. The zero-order valence-corrected chi connectivity index (χ0v) is 38.0. The van der Waals surface area contributed by atoms with Crippen molar-refractivity contribution in [2.45, 2.75) is 181 Å². The van der Waals surface area contributed by atoms with Crippen LogP contribution in [-0.2, 0) is 33.4 Å². The highest BCUT2D eigenvalue weighted by Crippen LogP contribution is 2.27. The van der Waals surface area contributed by atoms with E-state index >= 15 is 0 Å². The lowest BCUT2D eigenvalue weighted by atomic mass is 9.80. The van der Waals surface area contributed by atoms with Crippen LogP contribution in [-0.4, -0.2) is 116 Å². The Balaban J connectivity index is -0.000000186. The van der Waals surface area contributed by atoms with Gasteiger partial charge in [-0.05, 0) is 47.0 Å². The van der Waals surface area contributed by atoms with Crippen molar-refractivity contribution in [3.05, 3.63) is 0 Å². The van der Waals surface area contributed by atoms with Crippen LogP contribution in [0.1, 0.15) is 152 Å². The first kappa shape index (κ1) is 61.1. The fourth-order valence-electron chi connectivity index (χ4n) is 3.63. The molecule has 13 heteroatoms. The summed E-state index contributed by atoms with van der Waals surface area (Å²) in [5.74, 6) is -1.63. The molecule has 0 aliphatic carbocycles. The van der Waals surface area contributed by atoms with Crippen LogP contribution < -0.4 is 0 Å². The summed E-state index contributed by atoms with van der Waals surface area (Å²) in [5.41, 5.74) is -5.69. The van der Waals surface area contributed by atoms with Gasteiger partial charge in [-0.2, -0.15) is 0 Å². The lowest BCUT2D eigenvalue weighted by Gasteiger charge is -2.34. The number of Topliss-reactive ketones (excluding diaryl/α,β-unsaturated/α-hetero) is 4. The van der Waals surface area contributed by atoms with Gasteiger partial charge in [0.2, 0.25) is 0 Å². The van der Waals surface area contributed by atoms with E-state index in [1.165, 1.54) is 27.7 Å². The zero-order valence-electron chi connectivity index (χ0n) is 38.0. The maximum absolute atomic E-state index is 11.4. The number of ketones is 4. The average Bonchev–Trinajstić information content (AvgIpc) is 2.90. The second-order valence-electron chi connectivity index (χ2n) is 20.2. The predicted molar refractivity (Wildman–Crippen MR) is 213 cm³/mol. The summed E-state index contributed by atoms with van der Waals surface area (Å²) in [6.07, 6.45) is -2.36. The molecule has 0 aliphatic rings. The first-order valence-electron chi connectivity index (χ1n) is 18.2. The van der Waals surface area contributed by atoms with Crippen LogP contribution in [0, 0.1) is 27.1 Å². The van der Waals surface area contributed by atoms with E-state index in [0.717, 1.165) is 0 Å². The molecule has 0 fully saturated rings. The SMILES string of the molecule is CC(C)(C)C(=O)C(C)(C)O.CC(C)(C)C(=O)CC(=O)O.CC(C)(C)C(=O)[C@H](O)C(C)(C)O.CC(C)(C)[C@@H](O)C(C)(C)O.COCCOCC(=O)C(C)(C)C. The molecule has 0 saturated carbocycles. The molecule has 2 atom stereocenters. The molecule has 0 aromatic heterocycles. The molecule has 324 valence electrons. The minimum atomic E-state index is -1.36. The highest BCUT2D eigenvalue weighted by molar-refractivity contribution is 5.97. The van der Waals surface area contributed by atoms with Crippen molar-refractivity contribution in [3.63, 3.8) is 0 Å². The van der Waals surface area contributed by atoms with Crippen molar-refractivity contribution in [1.29, 1.82) is 0 Å². The third-order valence-electron chi connectivity index (χ3n) is 7.03. The molecule has 0 amide bonds. The van der Waals surface area contributed by atoms with Crippen LogP contribution in [0.3, 0.4) is 0 Å². The molecule has 0 spiro atoms. The molecule has 13 nitrogen and oxygen atoms in total. The molecule has 0 aliphatic heterocycles. The van der Waals surface area contributed by atoms with Crippen LogP contribution in [0.5, 0.6) is 0 Å². The van der Waals surface area contributed by atoms with Gasteiger partial charge in [0.05, 0.1) is 30.5 Å². The predicted octanol–water partition coefficient (Wildman–Crippen LogP) is 5.61. The van der Waals surface area contributed by atoms with Crippen molar-refractivity contribution < 1.29 is 64.1 Å². The minimum Gasteiger partial charge on any atom is -0.481 e. The summed E-state index contributed by atoms with van der Waals surface area (Å²) < 4.78 is 9.86. The monoisotopic (exact) mass is 783 g/mol. The normalized spacial score (nSPS) is 13.8. The van der Waals surface area contributed by atoms with Gasteiger partial charge >= 0.3 is 5.97 Å². The number of carboxylic acid groups (broad SMARTS) is 1. The number of carbonyl (C=O) groups excluding carboxylic acids is 4. The van der Waals surface area contributed by atoms with Crippen molar-refractivity contribution in [2.24, 2.45) is 27.1 Å². The van der Waals surface area contributed by atoms with E-state index in [4.69, 9.17) is 14.6 Å². The number of aliphatic hydroxyl groups excluding tert-OH is 2. The number of carbonyl (C=O) groups is 5. The summed E-state index contributed by atoms with van der Waals surface area (Å²) >= 11 is 0. The van der Waals surface area contributed by atoms with Crippen LogP contribution in [0.25, 0.3) is 0 Å². The summed E-state index contributed by atoms with van der Waals surface area (Å²) in [5, 5.41) is 55.1. The second-order valence-corrected chi connectivity index (χ2v) is 20.2. The quantitative estimate of drug-likeness (QED) is 0.111. The van der Waals surface area contributed by atoms with E-state index in [9.17, 15) is 49.5 Å². The molecule has 0 aromatic rings. The van der Waals surface area contributed by atoms with Gasteiger partial charge in [-0.1, -0.05) is 104 Å². The molecule has 0 bridgehead atoms. The van der Waals surface area contributed by atoms with Gasteiger partial charge in [0.1, 0.15) is 30.5 Å². The highest BCUT2D eigenvalue weighted by atomic mass is 16.5. The van der Waals surface area contributed by atoms with Gasteiger partial charge in [0.25, 0.3) is 0 Å². The summed E-state index contributed by atoms with van der Waals surface area (Å²) in [6, 6.07) is 0. The Labute approximate surface area is 327 Å². The van der Waals surface area contributed by atoms with Gasteiger partial charge < -0.3 is 40.1 Å². The maximum atomic E-state index is 11.4. The molecule has 0 rings (SSSR count). The second kappa shape index (κ2) is 23.8. The number of hydrogen-bond acceptors (Lipinski definition) is 12. The number of ether oxygens (including phenoxy) is 2. The van der Waals surface area contributed by atoms with Crippen LogP contribution in [0.15, 0.2) is 0 Å². The van der Waals surface area contributed by atoms with Crippen LogP contribution in [0.4, 0.5) is 0 Å². The largest absolute Gasteiger partial charge is 0.481 e. The number of carboxylic acids is 1. The zero-order chi connectivity index (χ0) is 45.3. The number of aliphatic hydroxyl groups is 5. The molecular formula is C41H82O13. The average molecular weight is 783 g/mol. The Morgan fingerprint density at radius 2 is 0.907 bits per heavy atom. The molecule has 0 unspecified atom stereocenters. The van der Waals surface area contributed by atoms with Gasteiger partial charge in [-0.3, -0.25) is 24.0 Å². The Bertz CT molecular complexity index is 1090. The smallest absolute Gasteiger partial charge is 0.310 e. The summed E-state index contributed by atoms with van der Waals surface area (Å²) in [6.45, 7) is 37.3. The Morgan fingerprint density at radius 3 is 1.04 bits per heavy atom. The van der Waals surface area contributed by atoms with E-state index in [-0.39, 0.29) is 47.0 Å². The van der Waals surface area contributed by atoms with Gasteiger partial charge in [-0.25, -0.2) is 0 Å². The Morgan fingerprint density at radius 1 is 0.537 bits per heavy atom. The van der Waals surface area contributed by atoms with E-state index in [0.29, 0.717) is 13.2 Å². The molecule has 6 N–H and O–H groups in total. The van der Waals surface area contributed by atoms with E-state index in [1.807, 2.05) is 41.5 Å². The molecule has 54 heavy (non-hydrogen) atoms. The fraction of sp³-hybridized carbons (Fsp3) is 0.878. The van der Waals surface area contributed by atoms with E-state index in [1.54, 1.807) is 83.3 Å². The molecule has 0 saturated heterocycles. The maximum Gasteiger partial charge on any atom is 0.310 e. The van der Waals surface area contributed by atoms with E-state index < -0.39 is 51.2 Å². The van der Waals surface area contributed by atoms with E-state index in [2.05, 4.69) is 0 Å². The highest BCUT2D eigenvalue weighted by Gasteiger charge is 2.37. The van der Waals surface area contributed by atoms with Gasteiger partial charge in [0.15, 0.2) is 17.3 Å². The molecular weight excluding hydrogens is 700 g/mol. The Hall–Kier alpha value is -2.13. The summed E-state index contributed by atoms with van der Waals surface area (Å²) in [4.78, 5) is 54.8. The lowest BCUT2D eigenvalue weighted by molar-refractivity contribution is -0.147. The number of hydrogen-bond donors (Lipinski definition) is 6. The van der Waals surface area contributed by atoms with Gasteiger partial charge in [-0.15, -0.1) is 0 Å². The third-order valence-corrected chi connectivity index (χ3v) is 7.03. The first-order valence-corrected chi connectivity index (χ1v) is 18.2. The van der Waals surface area contributed by atoms with Gasteiger partial charge in [0, 0.05) is 28.8 Å². The standard InChI is InChI=1S/2C9H18O3.C8H18O2.C8H16O2.C7H12O3/c1-8(2,3)6(10)7(11)9(4,5)12;1-9(2,3)8(10)7-12-6-5-11-4;2*1-7(2,3)6(9)8(4,5)10;1-7(2,3)5(8)4-6(9)10/h7,11-12H,1-5H3;5-7H2,1-4H3;6,9-10H,1-5H3;10H,1-5H3;4H2,1-3H3,(H,9,10)/t7-;;6-;;/m0.1../s1. The number of rotatable bonds is 11. The molecule has 0 heterocycles. The van der Waals surface area contributed by atoms with Crippen molar-refractivity contribution in [1.82, 2.24) is 0 Å². The topological polar surface area (TPSA) is 225 Å². The third kappa shape index (κ3) is 33.2. The van der Waals surface area contributed by atoms with Crippen molar-refractivity contribution >= 4 is 29.1 Å². The number of aliphatic carboxylic acids is 1. The minimum absolute atomic E-state index is 0.124. The lowest BCUT2D eigenvalue weighted by Crippen LogP contribution is -2.46.